The lowest BCUT2D eigenvalue weighted by atomic mass is 10.1. The lowest BCUT2D eigenvalue weighted by Crippen LogP contribution is -2.48. The van der Waals surface area contributed by atoms with Crippen LogP contribution in [0.2, 0.25) is 0 Å². The number of nitro groups is 1. The molecule has 0 amide bonds. The van der Waals surface area contributed by atoms with E-state index in [2.05, 4.69) is 15.8 Å². The van der Waals surface area contributed by atoms with Gasteiger partial charge in [-0.15, -0.1) is 6.42 Å². The molecule has 0 radical (unpaired) electrons. The Morgan fingerprint density at radius 1 is 1.18 bits per heavy atom. The molecule has 2 aromatic rings. The smallest absolute Gasteiger partial charge is 0.272 e. The third-order valence-corrected chi connectivity index (χ3v) is 8.48. The number of nitro benzene ring substituents is 1. The van der Waals surface area contributed by atoms with Gasteiger partial charge in [0.1, 0.15) is 4.90 Å². The van der Waals surface area contributed by atoms with Crippen LogP contribution in [0.15, 0.2) is 41.6 Å². The number of aromatic nitrogens is 1. The number of hydrogen-bond donors (Lipinski definition) is 0. The van der Waals surface area contributed by atoms with Crippen LogP contribution in [-0.2, 0) is 30.9 Å². The third kappa shape index (κ3) is 7.49. The summed E-state index contributed by atoms with van der Waals surface area (Å²) in [6.45, 7) is 3.85. The lowest BCUT2D eigenvalue weighted by molar-refractivity contribution is -0.385. The summed E-state index contributed by atoms with van der Waals surface area (Å²) in [7, 11) is -7.93. The molecule has 1 aliphatic heterocycles. The summed E-state index contributed by atoms with van der Waals surface area (Å²) in [5, 5.41) is 11.6. The first-order valence-electron chi connectivity index (χ1n) is 12.0. The number of nitrogens with zero attached hydrogens (tertiary/aromatic N) is 5. The number of rotatable bonds is 12. The Kier molecular flexibility index (Phi) is 9.80. The van der Waals surface area contributed by atoms with Crippen molar-refractivity contribution >= 4 is 31.5 Å². The van der Waals surface area contributed by atoms with Gasteiger partial charge in [0.15, 0.2) is 0 Å². The number of hydrogen-bond acceptors (Lipinski definition) is 10. The van der Waals surface area contributed by atoms with E-state index in [1.54, 1.807) is 17.3 Å². The zero-order valence-corrected chi connectivity index (χ0v) is 22.9. The van der Waals surface area contributed by atoms with E-state index in [0.29, 0.717) is 32.6 Å². The minimum atomic E-state index is -4.20. The fourth-order valence-corrected chi connectivity index (χ4v) is 6.31. The molecule has 206 valence electrons. The van der Waals surface area contributed by atoms with Crippen molar-refractivity contribution in [3.8, 4) is 12.3 Å². The number of benzene rings is 1. The van der Waals surface area contributed by atoms with Gasteiger partial charge >= 0.3 is 0 Å². The Labute approximate surface area is 223 Å². The van der Waals surface area contributed by atoms with Gasteiger partial charge in [0.25, 0.3) is 15.8 Å². The van der Waals surface area contributed by atoms with Gasteiger partial charge in [0, 0.05) is 70.3 Å². The van der Waals surface area contributed by atoms with Crippen LogP contribution < -0.4 is 4.90 Å². The Balaban J connectivity index is 1.96. The molecule has 0 saturated carbocycles. The molecular formula is C24H31N5O7S2. The highest BCUT2D eigenvalue weighted by Crippen LogP contribution is 2.36. The fraction of sp³-hybridized carbons (Fsp3) is 0.458. The average Bonchev–Trinajstić information content (AvgIpc) is 2.87. The van der Waals surface area contributed by atoms with Crippen molar-refractivity contribution in [2.75, 3.05) is 57.0 Å². The zero-order valence-electron chi connectivity index (χ0n) is 21.3. The van der Waals surface area contributed by atoms with Gasteiger partial charge in [-0.25, -0.2) is 8.42 Å². The number of pyridine rings is 1. The second kappa shape index (κ2) is 12.6. The molecule has 1 aromatic heterocycles. The maximum atomic E-state index is 13.9. The maximum Gasteiger partial charge on any atom is 0.272 e. The van der Waals surface area contributed by atoms with Crippen LogP contribution in [0.1, 0.15) is 24.5 Å². The number of non-ortho nitro benzene ring substituents is 1. The van der Waals surface area contributed by atoms with E-state index in [9.17, 15) is 26.9 Å². The van der Waals surface area contributed by atoms with E-state index in [4.69, 9.17) is 10.6 Å². The fourth-order valence-electron chi connectivity index (χ4n) is 4.25. The molecule has 1 aliphatic rings. The number of terminal acetylenes is 1. The molecular weight excluding hydrogens is 534 g/mol. The van der Waals surface area contributed by atoms with Crippen molar-refractivity contribution in [3.63, 3.8) is 0 Å². The number of sulfonamides is 1. The highest BCUT2D eigenvalue weighted by Gasteiger charge is 2.34. The quantitative estimate of drug-likeness (QED) is 0.161. The van der Waals surface area contributed by atoms with Gasteiger partial charge in [0.05, 0.1) is 29.0 Å². The van der Waals surface area contributed by atoms with E-state index in [1.807, 2.05) is 19.1 Å². The highest BCUT2D eigenvalue weighted by atomic mass is 32.2. The lowest BCUT2D eigenvalue weighted by Gasteiger charge is -2.35. The molecule has 1 fully saturated rings. The van der Waals surface area contributed by atoms with Gasteiger partial charge in [-0.05, 0) is 18.1 Å². The molecule has 0 aliphatic carbocycles. The van der Waals surface area contributed by atoms with E-state index in [0.717, 1.165) is 24.0 Å². The molecule has 0 unspecified atom stereocenters. The summed E-state index contributed by atoms with van der Waals surface area (Å²) in [6.07, 6.45) is 10.6. The largest absolute Gasteiger partial charge is 0.367 e. The first-order chi connectivity index (χ1) is 18.0. The molecule has 0 bridgehead atoms. The molecule has 1 aromatic carbocycles. The highest BCUT2D eigenvalue weighted by molar-refractivity contribution is 7.89. The Morgan fingerprint density at radius 3 is 2.45 bits per heavy atom. The first kappa shape index (κ1) is 29.5. The Morgan fingerprint density at radius 2 is 1.89 bits per heavy atom. The summed E-state index contributed by atoms with van der Waals surface area (Å²) in [6, 6.07) is 5.96. The Hall–Kier alpha value is -3.09. The maximum absolute atomic E-state index is 13.9. The van der Waals surface area contributed by atoms with Crippen LogP contribution in [0, 0.1) is 22.5 Å². The van der Waals surface area contributed by atoms with E-state index < -0.39 is 30.8 Å². The van der Waals surface area contributed by atoms with Gasteiger partial charge < -0.3 is 4.90 Å². The standard InChI is InChI=1S/C24H31N5O7S2/c1-4-9-27(14-15-36-37(3,32)33)24-21(5-2)16-22(29(30)31)17-23(24)38(34,35)28-12-10-26(11-13-28)19-20-7-6-8-25-18-20/h2,6-8,16-18H,4,9-15,19H2,1,3H3. The minimum absolute atomic E-state index is 0.00874. The monoisotopic (exact) mass is 565 g/mol. The number of anilines is 1. The summed E-state index contributed by atoms with van der Waals surface area (Å²) < 4.78 is 56.9. The molecule has 38 heavy (non-hydrogen) atoms. The third-order valence-electron chi connectivity index (χ3n) is 5.97. The molecule has 3 rings (SSSR count). The van der Waals surface area contributed by atoms with Gasteiger partial charge in [-0.2, -0.15) is 12.7 Å². The van der Waals surface area contributed by atoms with Crippen LogP contribution in [0.4, 0.5) is 11.4 Å². The van der Waals surface area contributed by atoms with Crippen LogP contribution in [0.5, 0.6) is 0 Å². The summed E-state index contributed by atoms with van der Waals surface area (Å²) >= 11 is 0. The van der Waals surface area contributed by atoms with Crippen molar-refractivity contribution in [2.24, 2.45) is 0 Å². The minimum Gasteiger partial charge on any atom is -0.367 e. The second-order valence-corrected chi connectivity index (χ2v) is 12.3. The van der Waals surface area contributed by atoms with Crippen LogP contribution in [0.3, 0.4) is 0 Å². The van der Waals surface area contributed by atoms with Crippen molar-refractivity contribution in [1.82, 2.24) is 14.2 Å². The first-order valence-corrected chi connectivity index (χ1v) is 15.2. The predicted octanol–water partition coefficient (Wildman–Crippen LogP) is 1.67. The topological polar surface area (TPSA) is 143 Å². The molecule has 14 heteroatoms. The predicted molar refractivity (Wildman–Crippen MR) is 143 cm³/mol. The summed E-state index contributed by atoms with van der Waals surface area (Å²) in [4.78, 5) is 18.5. The van der Waals surface area contributed by atoms with Crippen molar-refractivity contribution in [3.05, 3.63) is 57.9 Å². The van der Waals surface area contributed by atoms with Gasteiger partial charge in [-0.1, -0.05) is 18.9 Å². The summed E-state index contributed by atoms with van der Waals surface area (Å²) in [5.41, 5.74) is 0.713. The van der Waals surface area contributed by atoms with Crippen molar-refractivity contribution < 1.29 is 25.9 Å². The van der Waals surface area contributed by atoms with E-state index in [1.165, 1.54) is 4.31 Å². The van der Waals surface area contributed by atoms with E-state index >= 15 is 0 Å². The Bertz CT molecular complexity index is 1390. The molecule has 0 spiro atoms. The van der Waals surface area contributed by atoms with Crippen molar-refractivity contribution in [1.29, 1.82) is 0 Å². The van der Waals surface area contributed by atoms with Gasteiger partial charge in [0.2, 0.25) is 10.0 Å². The molecule has 0 N–H and O–H groups in total. The normalized spacial score (nSPS) is 15.2. The molecule has 1 saturated heterocycles. The van der Waals surface area contributed by atoms with Crippen LogP contribution in [-0.4, -0.2) is 88.1 Å². The SMILES string of the molecule is C#Cc1cc([N+](=O)[O-])cc(S(=O)(=O)N2CCN(Cc3cccnc3)CC2)c1N(CCC)CCOS(C)(=O)=O. The van der Waals surface area contributed by atoms with Crippen LogP contribution in [0.25, 0.3) is 0 Å². The number of piperazine rings is 1. The molecule has 0 atom stereocenters. The van der Waals surface area contributed by atoms with Crippen LogP contribution >= 0.6 is 0 Å². The average molecular weight is 566 g/mol. The van der Waals surface area contributed by atoms with Gasteiger partial charge in [-0.3, -0.25) is 24.2 Å². The van der Waals surface area contributed by atoms with E-state index in [-0.39, 0.29) is 42.4 Å². The van der Waals surface area contributed by atoms with Crippen molar-refractivity contribution in [2.45, 2.75) is 24.8 Å². The molecule has 12 nitrogen and oxygen atoms in total. The molecule has 2 heterocycles. The summed E-state index contributed by atoms with van der Waals surface area (Å²) in [5.74, 6) is 2.38. The zero-order chi connectivity index (χ0) is 27.9. The second-order valence-electron chi connectivity index (χ2n) is 8.80.